The maximum absolute atomic E-state index is 12.8. The first kappa shape index (κ1) is 13.9. The van der Waals surface area contributed by atoms with Gasteiger partial charge in [0.25, 0.3) is 0 Å². The van der Waals surface area contributed by atoms with Crippen LogP contribution in [-0.4, -0.2) is 18.6 Å². The van der Waals surface area contributed by atoms with Crippen LogP contribution in [0.2, 0.25) is 0 Å². The molecule has 0 aromatic heterocycles. The minimum Gasteiger partial charge on any atom is -0.472 e. The molecule has 1 aliphatic carbocycles. The number of fused-ring (bicyclic) bond motifs is 5. The Morgan fingerprint density at radius 3 is 2.68 bits per heavy atom. The summed E-state index contributed by atoms with van der Waals surface area (Å²) >= 11 is 0. The van der Waals surface area contributed by atoms with Crippen molar-refractivity contribution in [1.29, 1.82) is 0 Å². The smallest absolute Gasteiger partial charge is 0.180 e. The fraction of sp³-hybridized carbons (Fsp3) is 0.526. The van der Waals surface area contributed by atoms with E-state index in [4.69, 9.17) is 4.74 Å². The lowest BCUT2D eigenvalue weighted by Crippen LogP contribution is -2.54. The number of benzene rings is 1. The maximum Gasteiger partial charge on any atom is 0.180 e. The molecule has 3 nitrogen and oxygen atoms in total. The lowest BCUT2D eigenvalue weighted by atomic mass is 9.68. The van der Waals surface area contributed by atoms with Crippen LogP contribution in [0.15, 0.2) is 35.6 Å². The number of rotatable bonds is 0. The highest BCUT2D eigenvalue weighted by atomic mass is 16.5. The van der Waals surface area contributed by atoms with Crippen molar-refractivity contribution >= 4 is 11.5 Å². The molecule has 2 heterocycles. The summed E-state index contributed by atoms with van der Waals surface area (Å²) in [5.41, 5.74) is 3.04. The minimum absolute atomic E-state index is 0.00397. The lowest BCUT2D eigenvalue weighted by molar-refractivity contribution is -0.121. The molecule has 0 N–H and O–H groups in total. The number of anilines is 1. The van der Waals surface area contributed by atoms with Gasteiger partial charge in [-0.2, -0.15) is 0 Å². The Morgan fingerprint density at radius 1 is 1.18 bits per heavy atom. The number of ketones is 1. The van der Waals surface area contributed by atoms with Gasteiger partial charge in [0, 0.05) is 43.5 Å². The highest BCUT2D eigenvalue weighted by molar-refractivity contribution is 5.99. The molecule has 0 spiro atoms. The molecule has 1 aromatic carbocycles. The molecule has 22 heavy (non-hydrogen) atoms. The van der Waals surface area contributed by atoms with E-state index in [0.29, 0.717) is 6.42 Å². The third-order valence-corrected chi connectivity index (χ3v) is 5.54. The first-order valence-electron chi connectivity index (χ1n) is 8.09. The third kappa shape index (κ3) is 1.77. The molecular formula is C19H23NO2. The molecule has 2 aliphatic heterocycles. The standard InChI is InChI=1S/C19H23NO2/c1-18(2)10-15(21)17-13-9-19(3,22-16(17)11-18)20(4)14-8-6-5-7-12(13)14/h5-8,13H,9-11H2,1-4H3. The summed E-state index contributed by atoms with van der Waals surface area (Å²) in [6, 6.07) is 8.42. The summed E-state index contributed by atoms with van der Waals surface area (Å²) in [4.78, 5) is 15.0. The van der Waals surface area contributed by atoms with Crippen LogP contribution in [0.5, 0.6) is 0 Å². The van der Waals surface area contributed by atoms with Gasteiger partial charge in [-0.05, 0) is 24.0 Å². The van der Waals surface area contributed by atoms with Crippen LogP contribution >= 0.6 is 0 Å². The Hall–Kier alpha value is -1.77. The van der Waals surface area contributed by atoms with Crippen LogP contribution in [0.4, 0.5) is 5.69 Å². The van der Waals surface area contributed by atoms with Crippen molar-refractivity contribution in [2.45, 2.75) is 51.7 Å². The van der Waals surface area contributed by atoms with Gasteiger partial charge in [-0.15, -0.1) is 0 Å². The second-order valence-electron chi connectivity index (χ2n) is 7.93. The van der Waals surface area contributed by atoms with Gasteiger partial charge in [0.15, 0.2) is 11.5 Å². The zero-order valence-electron chi connectivity index (χ0n) is 13.8. The quantitative estimate of drug-likeness (QED) is 0.725. The molecule has 0 saturated carbocycles. The number of hydrogen-bond donors (Lipinski definition) is 0. The Morgan fingerprint density at radius 2 is 1.91 bits per heavy atom. The van der Waals surface area contributed by atoms with Crippen LogP contribution in [-0.2, 0) is 9.53 Å². The van der Waals surface area contributed by atoms with Gasteiger partial charge in [-0.25, -0.2) is 0 Å². The van der Waals surface area contributed by atoms with Gasteiger partial charge >= 0.3 is 0 Å². The van der Waals surface area contributed by atoms with Crippen molar-refractivity contribution in [3.05, 3.63) is 41.2 Å². The van der Waals surface area contributed by atoms with Crippen molar-refractivity contribution in [2.75, 3.05) is 11.9 Å². The summed E-state index contributed by atoms with van der Waals surface area (Å²) in [6.07, 6.45) is 2.34. The molecule has 2 bridgehead atoms. The second kappa shape index (κ2) is 4.15. The number of Topliss-reactive ketones (excluding diaryl/α,β-unsaturated/α-hetero) is 1. The lowest BCUT2D eigenvalue weighted by Gasteiger charge is -2.53. The largest absolute Gasteiger partial charge is 0.472 e. The van der Waals surface area contributed by atoms with Gasteiger partial charge in [-0.3, -0.25) is 4.79 Å². The number of carbonyl (C=O) groups excluding carboxylic acids is 1. The van der Waals surface area contributed by atoms with Crippen LogP contribution in [0.25, 0.3) is 0 Å². The van der Waals surface area contributed by atoms with E-state index in [1.165, 1.54) is 11.3 Å². The summed E-state index contributed by atoms with van der Waals surface area (Å²) in [5, 5.41) is 0. The van der Waals surface area contributed by atoms with E-state index >= 15 is 0 Å². The average Bonchev–Trinajstić information content (AvgIpc) is 2.42. The molecule has 116 valence electrons. The molecule has 0 fully saturated rings. The molecular weight excluding hydrogens is 274 g/mol. The normalized spacial score (nSPS) is 32.3. The van der Waals surface area contributed by atoms with Crippen LogP contribution in [0.1, 0.15) is 51.5 Å². The van der Waals surface area contributed by atoms with E-state index in [9.17, 15) is 4.79 Å². The summed E-state index contributed by atoms with van der Waals surface area (Å²) < 4.78 is 6.41. The molecule has 4 rings (SSSR count). The average molecular weight is 297 g/mol. The first-order valence-corrected chi connectivity index (χ1v) is 8.09. The van der Waals surface area contributed by atoms with Crippen molar-refractivity contribution < 1.29 is 9.53 Å². The first-order chi connectivity index (χ1) is 10.3. The topological polar surface area (TPSA) is 29.5 Å². The number of ether oxygens (including phenoxy) is 1. The van der Waals surface area contributed by atoms with E-state index in [2.05, 4.69) is 57.0 Å². The number of carbonyl (C=O) groups is 1. The van der Waals surface area contributed by atoms with E-state index < -0.39 is 0 Å². The SMILES string of the molecule is CN1c2ccccc2C2CC1(C)OC1=C2C(=O)CC(C)(C)C1. The zero-order chi connectivity index (χ0) is 15.7. The highest BCUT2D eigenvalue weighted by Gasteiger charge is 2.51. The maximum atomic E-state index is 12.8. The van der Waals surface area contributed by atoms with Crippen molar-refractivity contribution in [1.82, 2.24) is 0 Å². The van der Waals surface area contributed by atoms with Gasteiger partial charge in [0.2, 0.25) is 0 Å². The fourth-order valence-corrected chi connectivity index (χ4v) is 4.36. The van der Waals surface area contributed by atoms with Crippen LogP contribution in [0.3, 0.4) is 0 Å². The predicted octanol–water partition coefficient (Wildman–Crippen LogP) is 4.00. The Bertz CT molecular complexity index is 703. The Labute approximate surface area is 132 Å². The monoisotopic (exact) mass is 297 g/mol. The van der Waals surface area contributed by atoms with E-state index in [0.717, 1.165) is 24.2 Å². The molecule has 2 atom stereocenters. The van der Waals surface area contributed by atoms with Gasteiger partial charge < -0.3 is 9.64 Å². The molecule has 1 aromatic rings. The molecule has 0 saturated heterocycles. The summed E-state index contributed by atoms with van der Waals surface area (Å²) in [5.74, 6) is 1.39. The minimum atomic E-state index is -0.356. The predicted molar refractivity (Wildman–Crippen MR) is 86.7 cm³/mol. The number of hydrogen-bond acceptors (Lipinski definition) is 3. The van der Waals surface area contributed by atoms with Crippen molar-refractivity contribution in [3.63, 3.8) is 0 Å². The van der Waals surface area contributed by atoms with Crippen molar-refractivity contribution in [3.8, 4) is 0 Å². The summed E-state index contributed by atoms with van der Waals surface area (Å²) in [6.45, 7) is 6.46. The molecule has 0 radical (unpaired) electrons. The molecule has 3 aliphatic rings. The van der Waals surface area contributed by atoms with E-state index in [-0.39, 0.29) is 22.8 Å². The number of nitrogens with zero attached hydrogens (tertiary/aromatic N) is 1. The van der Waals surface area contributed by atoms with Crippen molar-refractivity contribution in [2.24, 2.45) is 5.41 Å². The molecule has 0 amide bonds. The number of para-hydroxylation sites is 1. The van der Waals surface area contributed by atoms with Gasteiger partial charge in [0.05, 0.1) is 0 Å². The van der Waals surface area contributed by atoms with E-state index in [1.807, 2.05) is 0 Å². The highest BCUT2D eigenvalue weighted by Crippen LogP contribution is 2.55. The third-order valence-electron chi connectivity index (χ3n) is 5.54. The fourth-order valence-electron chi connectivity index (χ4n) is 4.36. The number of allylic oxidation sites excluding steroid dienone is 2. The van der Waals surface area contributed by atoms with Crippen LogP contribution in [0, 0.1) is 5.41 Å². The Kier molecular flexibility index (Phi) is 2.62. The zero-order valence-corrected chi connectivity index (χ0v) is 13.8. The van der Waals surface area contributed by atoms with Gasteiger partial charge in [-0.1, -0.05) is 32.0 Å². The summed E-state index contributed by atoms with van der Waals surface area (Å²) in [7, 11) is 2.09. The van der Waals surface area contributed by atoms with E-state index in [1.54, 1.807) is 0 Å². The second-order valence-corrected chi connectivity index (χ2v) is 7.93. The van der Waals surface area contributed by atoms with Gasteiger partial charge in [0.1, 0.15) is 5.76 Å². The van der Waals surface area contributed by atoms with Crippen LogP contribution < -0.4 is 4.90 Å². The Balaban J connectivity index is 1.92. The molecule has 2 unspecified atom stereocenters. The molecule has 3 heteroatoms.